The number of hydrogen-bond acceptors (Lipinski definition) is 8. The Morgan fingerprint density at radius 2 is 1.65 bits per heavy atom. The molecule has 8 heteroatoms. The van der Waals surface area contributed by atoms with E-state index in [1.54, 1.807) is 14.2 Å². The quantitative estimate of drug-likeness (QED) is 0.462. The third-order valence-corrected chi connectivity index (χ3v) is 6.21. The Balaban J connectivity index is 1.49. The van der Waals surface area contributed by atoms with Crippen LogP contribution in [0, 0.1) is 13.8 Å². The number of nitrogens with zero attached hydrogens (tertiary/aromatic N) is 4. The van der Waals surface area contributed by atoms with Crippen LogP contribution in [0.3, 0.4) is 0 Å². The molecule has 0 radical (unpaired) electrons. The molecule has 2 aromatic heterocycles. The SMILES string of the molecule is COc1ccc(C2CC(=O)c3c(C)nc(Nc4nc(C)c5ccccc5n4)nc3C2)c(OC)c1. The number of para-hydroxylation sites is 1. The summed E-state index contributed by atoms with van der Waals surface area (Å²) in [6.45, 7) is 3.78. The molecular weight excluding hydrogens is 430 g/mol. The largest absolute Gasteiger partial charge is 0.497 e. The molecule has 0 saturated heterocycles. The molecular formula is C26H25N5O3. The maximum Gasteiger partial charge on any atom is 0.230 e. The summed E-state index contributed by atoms with van der Waals surface area (Å²) in [5.74, 6) is 2.18. The van der Waals surface area contributed by atoms with Crippen molar-refractivity contribution in [3.8, 4) is 11.5 Å². The summed E-state index contributed by atoms with van der Waals surface area (Å²) in [5, 5.41) is 4.14. The van der Waals surface area contributed by atoms with Gasteiger partial charge in [-0.25, -0.2) is 19.9 Å². The van der Waals surface area contributed by atoms with Crippen LogP contribution in [0.4, 0.5) is 11.9 Å². The van der Waals surface area contributed by atoms with Crippen LogP contribution in [0.1, 0.15) is 45.3 Å². The van der Waals surface area contributed by atoms with E-state index in [0.717, 1.165) is 22.2 Å². The number of aromatic nitrogens is 4. The first-order valence-electron chi connectivity index (χ1n) is 11.1. The van der Waals surface area contributed by atoms with E-state index >= 15 is 0 Å². The molecule has 1 aliphatic rings. The van der Waals surface area contributed by atoms with Crippen LogP contribution in [0.5, 0.6) is 11.5 Å². The van der Waals surface area contributed by atoms with Crippen molar-refractivity contribution in [1.82, 2.24) is 19.9 Å². The normalized spacial score (nSPS) is 15.2. The Hall–Kier alpha value is -4.07. The van der Waals surface area contributed by atoms with E-state index in [9.17, 15) is 4.79 Å². The van der Waals surface area contributed by atoms with Crippen molar-refractivity contribution in [2.45, 2.75) is 32.6 Å². The number of hydrogen-bond donors (Lipinski definition) is 1. The number of ketones is 1. The number of carbonyl (C=O) groups is 1. The van der Waals surface area contributed by atoms with Crippen molar-refractivity contribution in [3.63, 3.8) is 0 Å². The van der Waals surface area contributed by atoms with Crippen LogP contribution in [0.2, 0.25) is 0 Å². The zero-order chi connectivity index (χ0) is 23.8. The molecule has 1 N–H and O–H groups in total. The molecule has 8 nitrogen and oxygen atoms in total. The third kappa shape index (κ3) is 3.91. The van der Waals surface area contributed by atoms with Gasteiger partial charge in [-0.05, 0) is 38.0 Å². The van der Waals surface area contributed by atoms with Gasteiger partial charge in [0.15, 0.2) is 5.78 Å². The summed E-state index contributed by atoms with van der Waals surface area (Å²) < 4.78 is 10.9. The molecule has 5 rings (SSSR count). The molecule has 1 aliphatic carbocycles. The van der Waals surface area contributed by atoms with E-state index in [2.05, 4.69) is 20.3 Å². The number of rotatable bonds is 5. The van der Waals surface area contributed by atoms with Gasteiger partial charge in [-0.1, -0.05) is 24.3 Å². The van der Waals surface area contributed by atoms with Gasteiger partial charge >= 0.3 is 0 Å². The lowest BCUT2D eigenvalue weighted by atomic mass is 9.81. The van der Waals surface area contributed by atoms with Crippen LogP contribution in [0.25, 0.3) is 10.9 Å². The lowest BCUT2D eigenvalue weighted by molar-refractivity contribution is 0.0961. The van der Waals surface area contributed by atoms with Gasteiger partial charge in [0.05, 0.1) is 42.4 Å². The molecule has 34 heavy (non-hydrogen) atoms. The third-order valence-electron chi connectivity index (χ3n) is 6.21. The van der Waals surface area contributed by atoms with Crippen molar-refractivity contribution >= 4 is 28.6 Å². The Bertz CT molecular complexity index is 1420. The van der Waals surface area contributed by atoms with Crippen LogP contribution in [-0.4, -0.2) is 39.9 Å². The van der Waals surface area contributed by atoms with Gasteiger partial charge in [0.2, 0.25) is 11.9 Å². The molecule has 2 heterocycles. The average Bonchev–Trinajstić information content (AvgIpc) is 2.83. The maximum atomic E-state index is 13.1. The van der Waals surface area contributed by atoms with Crippen molar-refractivity contribution in [2.24, 2.45) is 0 Å². The molecule has 2 aromatic carbocycles. The number of ether oxygens (including phenoxy) is 2. The molecule has 0 amide bonds. The highest BCUT2D eigenvalue weighted by atomic mass is 16.5. The fourth-order valence-electron chi connectivity index (χ4n) is 4.60. The van der Waals surface area contributed by atoms with Crippen molar-refractivity contribution in [3.05, 3.63) is 70.7 Å². The first-order valence-corrected chi connectivity index (χ1v) is 11.1. The Morgan fingerprint density at radius 1 is 0.882 bits per heavy atom. The van der Waals surface area contributed by atoms with Gasteiger partial charge < -0.3 is 9.47 Å². The number of methoxy groups -OCH3 is 2. The number of benzene rings is 2. The first kappa shape index (κ1) is 21.8. The van der Waals surface area contributed by atoms with Crippen LogP contribution < -0.4 is 14.8 Å². The number of carbonyl (C=O) groups excluding carboxylic acids is 1. The molecule has 0 saturated carbocycles. The summed E-state index contributed by atoms with van der Waals surface area (Å²) in [6.07, 6.45) is 0.971. The zero-order valence-electron chi connectivity index (χ0n) is 19.5. The summed E-state index contributed by atoms with van der Waals surface area (Å²) in [4.78, 5) is 31.5. The highest BCUT2D eigenvalue weighted by molar-refractivity contribution is 6.00. The first-order chi connectivity index (χ1) is 16.5. The number of aryl methyl sites for hydroxylation is 2. The van der Waals surface area contributed by atoms with Crippen LogP contribution in [-0.2, 0) is 6.42 Å². The molecule has 0 spiro atoms. The molecule has 0 bridgehead atoms. The van der Waals surface area contributed by atoms with E-state index in [1.165, 1.54) is 0 Å². The molecule has 172 valence electrons. The van der Waals surface area contributed by atoms with E-state index in [-0.39, 0.29) is 11.7 Å². The second-order valence-electron chi connectivity index (χ2n) is 8.37. The smallest absolute Gasteiger partial charge is 0.230 e. The Labute approximate surface area is 197 Å². The summed E-state index contributed by atoms with van der Waals surface area (Å²) in [7, 11) is 3.24. The minimum Gasteiger partial charge on any atom is -0.497 e. The highest BCUT2D eigenvalue weighted by Crippen LogP contribution is 2.39. The molecule has 0 aliphatic heterocycles. The van der Waals surface area contributed by atoms with Gasteiger partial charge in [0, 0.05) is 23.8 Å². The molecule has 1 unspecified atom stereocenters. The fraction of sp³-hybridized carbons (Fsp3) is 0.269. The van der Waals surface area contributed by atoms with Gasteiger partial charge in [0.25, 0.3) is 0 Å². The summed E-state index contributed by atoms with van der Waals surface area (Å²) in [5.41, 5.74) is 4.63. The van der Waals surface area contributed by atoms with Crippen molar-refractivity contribution in [1.29, 1.82) is 0 Å². The summed E-state index contributed by atoms with van der Waals surface area (Å²) >= 11 is 0. The topological polar surface area (TPSA) is 99.1 Å². The molecule has 4 aromatic rings. The second kappa shape index (κ2) is 8.70. The van der Waals surface area contributed by atoms with Crippen LogP contribution in [0.15, 0.2) is 42.5 Å². The van der Waals surface area contributed by atoms with Gasteiger partial charge in [-0.2, -0.15) is 0 Å². The number of nitrogens with one attached hydrogen (secondary N) is 1. The highest BCUT2D eigenvalue weighted by Gasteiger charge is 2.31. The van der Waals surface area contributed by atoms with Crippen molar-refractivity contribution in [2.75, 3.05) is 19.5 Å². The predicted molar refractivity (Wildman–Crippen MR) is 129 cm³/mol. The number of fused-ring (bicyclic) bond motifs is 2. The molecule has 1 atom stereocenters. The predicted octanol–water partition coefficient (Wildman–Crippen LogP) is 4.71. The summed E-state index contributed by atoms with van der Waals surface area (Å²) in [6, 6.07) is 13.5. The monoisotopic (exact) mass is 455 g/mol. The lowest BCUT2D eigenvalue weighted by Crippen LogP contribution is -2.23. The van der Waals surface area contributed by atoms with E-state index < -0.39 is 0 Å². The van der Waals surface area contributed by atoms with Gasteiger partial charge in [-0.15, -0.1) is 0 Å². The lowest BCUT2D eigenvalue weighted by Gasteiger charge is -2.26. The van der Waals surface area contributed by atoms with Crippen LogP contribution >= 0.6 is 0 Å². The van der Waals surface area contributed by atoms with Gasteiger partial charge in [-0.3, -0.25) is 10.1 Å². The van der Waals surface area contributed by atoms with E-state index in [4.69, 9.17) is 14.5 Å². The van der Waals surface area contributed by atoms with E-state index in [1.807, 2.05) is 56.3 Å². The second-order valence-corrected chi connectivity index (χ2v) is 8.37. The van der Waals surface area contributed by atoms with E-state index in [0.29, 0.717) is 53.2 Å². The Morgan fingerprint density at radius 3 is 2.44 bits per heavy atom. The Kier molecular flexibility index (Phi) is 5.57. The zero-order valence-corrected chi connectivity index (χ0v) is 19.5. The number of Topliss-reactive ketones (excluding diaryl/α,β-unsaturated/α-hetero) is 1. The minimum absolute atomic E-state index is 0.0333. The fourth-order valence-corrected chi connectivity index (χ4v) is 4.60. The molecule has 0 fully saturated rings. The maximum absolute atomic E-state index is 13.1. The minimum atomic E-state index is -0.0535. The standard InChI is InChI=1S/C26H25N5O3/c1-14-18-7-5-6-8-20(18)29-25(27-14)31-26-28-15(2)24-21(30-26)11-16(12-22(24)32)19-10-9-17(33-3)13-23(19)34-4/h5-10,13,16H,11-12H2,1-4H3,(H,27,28,29,30,31). The van der Waals surface area contributed by atoms with Crippen molar-refractivity contribution < 1.29 is 14.3 Å². The van der Waals surface area contributed by atoms with Gasteiger partial charge in [0.1, 0.15) is 11.5 Å². The number of anilines is 2. The average molecular weight is 456 g/mol.